The van der Waals surface area contributed by atoms with E-state index >= 15 is 0 Å². The Morgan fingerprint density at radius 2 is 2.11 bits per heavy atom. The van der Waals surface area contributed by atoms with Gasteiger partial charge in [0.2, 0.25) is 8.80 Å². The summed E-state index contributed by atoms with van der Waals surface area (Å²) in [5.41, 5.74) is 4.19. The largest absolute Gasteiger partial charge is 0.474 e. The fourth-order valence-electron chi connectivity index (χ4n) is 2.55. The molecule has 1 aliphatic rings. The standard InChI is InChI=1S/C15H15NO2Si/c1-19(13-6-3-9-17-13)15-16-12-5-2-4-11(10-7-8-10)14(12)18-15/h2-6,9-10,19H,7-8H2,1H3. The highest BCUT2D eigenvalue weighted by atomic mass is 28.3. The van der Waals surface area contributed by atoms with Crippen LogP contribution in [0.5, 0.6) is 0 Å². The zero-order valence-electron chi connectivity index (χ0n) is 10.8. The summed E-state index contributed by atoms with van der Waals surface area (Å²) in [6.45, 7) is 2.19. The number of hydrogen-bond acceptors (Lipinski definition) is 3. The molecule has 1 saturated carbocycles. The number of aromatic nitrogens is 1. The SMILES string of the molecule is C[SiH](c1ccco1)c1nc2cccc(C3CC3)c2o1. The Labute approximate surface area is 112 Å². The van der Waals surface area contributed by atoms with E-state index in [0.717, 1.165) is 22.0 Å². The van der Waals surface area contributed by atoms with Gasteiger partial charge >= 0.3 is 0 Å². The molecule has 4 rings (SSSR count). The van der Waals surface area contributed by atoms with Crippen molar-refractivity contribution in [3.8, 4) is 0 Å². The lowest BCUT2D eigenvalue weighted by Crippen LogP contribution is -2.39. The summed E-state index contributed by atoms with van der Waals surface area (Å²) in [6, 6.07) is 10.2. The quantitative estimate of drug-likeness (QED) is 0.685. The van der Waals surface area contributed by atoms with Crippen molar-refractivity contribution in [3.05, 3.63) is 42.2 Å². The Bertz CT molecular complexity index is 713. The van der Waals surface area contributed by atoms with Crippen molar-refractivity contribution in [1.29, 1.82) is 0 Å². The summed E-state index contributed by atoms with van der Waals surface area (Å²) in [4.78, 5) is 4.67. The predicted molar refractivity (Wildman–Crippen MR) is 77.0 cm³/mol. The average molecular weight is 269 g/mol. The molecule has 0 radical (unpaired) electrons. The molecular weight excluding hydrogens is 254 g/mol. The van der Waals surface area contributed by atoms with Gasteiger partial charge < -0.3 is 8.83 Å². The summed E-state index contributed by atoms with van der Waals surface area (Å²) in [7, 11) is -1.42. The molecular formula is C15H15NO2Si. The Kier molecular flexibility index (Phi) is 2.38. The molecule has 19 heavy (non-hydrogen) atoms. The maximum absolute atomic E-state index is 6.08. The third-order valence-electron chi connectivity index (χ3n) is 3.82. The average Bonchev–Trinajstić information content (AvgIpc) is 2.96. The van der Waals surface area contributed by atoms with E-state index in [1.807, 2.05) is 18.2 Å². The molecule has 0 saturated heterocycles. The summed E-state index contributed by atoms with van der Waals surface area (Å²) < 4.78 is 11.6. The second-order valence-corrected chi connectivity index (χ2v) is 7.77. The zero-order valence-corrected chi connectivity index (χ0v) is 12.0. The number of hydrogen-bond donors (Lipinski definition) is 0. The summed E-state index contributed by atoms with van der Waals surface area (Å²) >= 11 is 0. The van der Waals surface area contributed by atoms with Gasteiger partial charge in [0.25, 0.3) is 0 Å². The van der Waals surface area contributed by atoms with Gasteiger partial charge in [0.05, 0.1) is 11.6 Å². The van der Waals surface area contributed by atoms with Crippen molar-refractivity contribution in [2.45, 2.75) is 25.3 Å². The lowest BCUT2D eigenvalue weighted by Gasteiger charge is -2.00. The van der Waals surface area contributed by atoms with Gasteiger partial charge in [-0.05, 0) is 37.0 Å². The van der Waals surface area contributed by atoms with E-state index in [2.05, 4.69) is 23.7 Å². The van der Waals surface area contributed by atoms with Gasteiger partial charge in [0.15, 0.2) is 11.1 Å². The highest BCUT2D eigenvalue weighted by Gasteiger charge is 2.28. The van der Waals surface area contributed by atoms with E-state index in [9.17, 15) is 0 Å². The van der Waals surface area contributed by atoms with Crippen LogP contribution in [0, 0.1) is 0 Å². The highest BCUT2D eigenvalue weighted by molar-refractivity contribution is 6.81. The number of nitrogens with zero attached hydrogens (tertiary/aromatic N) is 1. The van der Waals surface area contributed by atoms with Gasteiger partial charge in [-0.25, -0.2) is 4.98 Å². The van der Waals surface area contributed by atoms with Crippen LogP contribution >= 0.6 is 0 Å². The molecule has 4 heteroatoms. The molecule has 1 atom stereocenters. The molecule has 1 fully saturated rings. The van der Waals surface area contributed by atoms with Gasteiger partial charge in [0.1, 0.15) is 5.52 Å². The Morgan fingerprint density at radius 1 is 1.21 bits per heavy atom. The first-order valence-corrected chi connectivity index (χ1v) is 9.06. The molecule has 0 bridgehead atoms. The van der Waals surface area contributed by atoms with Crippen molar-refractivity contribution in [3.63, 3.8) is 0 Å². The normalized spacial score (nSPS) is 16.9. The van der Waals surface area contributed by atoms with Crippen LogP contribution in [0.4, 0.5) is 0 Å². The van der Waals surface area contributed by atoms with Crippen LogP contribution in [-0.2, 0) is 0 Å². The van der Waals surface area contributed by atoms with E-state index in [1.54, 1.807) is 6.26 Å². The molecule has 3 aromatic rings. The first-order chi connectivity index (χ1) is 9.33. The van der Waals surface area contributed by atoms with Gasteiger partial charge in [-0.15, -0.1) is 0 Å². The maximum Gasteiger partial charge on any atom is 0.213 e. The molecule has 3 nitrogen and oxygen atoms in total. The Balaban J connectivity index is 1.81. The first-order valence-electron chi connectivity index (χ1n) is 6.75. The van der Waals surface area contributed by atoms with Crippen LogP contribution in [0.1, 0.15) is 24.3 Å². The van der Waals surface area contributed by atoms with E-state index in [-0.39, 0.29) is 0 Å². The van der Waals surface area contributed by atoms with Crippen LogP contribution in [0.2, 0.25) is 6.55 Å². The summed E-state index contributed by atoms with van der Waals surface area (Å²) in [5.74, 6) is 0.685. The number of oxazole rings is 1. The molecule has 1 aliphatic carbocycles. The number of rotatable bonds is 3. The monoisotopic (exact) mass is 269 g/mol. The third kappa shape index (κ3) is 1.83. The van der Waals surface area contributed by atoms with Crippen LogP contribution < -0.4 is 10.9 Å². The number of furan rings is 1. The fourth-order valence-corrected chi connectivity index (χ4v) is 4.10. The molecule has 96 valence electrons. The van der Waals surface area contributed by atoms with Crippen LogP contribution in [0.25, 0.3) is 11.1 Å². The molecule has 0 amide bonds. The van der Waals surface area contributed by atoms with E-state index in [1.165, 1.54) is 18.4 Å². The van der Waals surface area contributed by atoms with Crippen LogP contribution in [-0.4, -0.2) is 13.8 Å². The molecule has 0 aliphatic heterocycles. The van der Waals surface area contributed by atoms with Gasteiger partial charge in [0, 0.05) is 5.56 Å². The van der Waals surface area contributed by atoms with Crippen LogP contribution in [0.3, 0.4) is 0 Å². The van der Waals surface area contributed by atoms with E-state index in [0.29, 0.717) is 5.92 Å². The molecule has 1 aromatic carbocycles. The van der Waals surface area contributed by atoms with E-state index < -0.39 is 8.80 Å². The maximum atomic E-state index is 6.08. The lowest BCUT2D eigenvalue weighted by molar-refractivity contribution is 0.595. The fraction of sp³-hybridized carbons (Fsp3) is 0.267. The number of benzene rings is 1. The van der Waals surface area contributed by atoms with Gasteiger partial charge in [-0.3, -0.25) is 0 Å². The molecule has 0 spiro atoms. The second kappa shape index (κ2) is 4.10. The van der Waals surface area contributed by atoms with Gasteiger partial charge in [-0.2, -0.15) is 0 Å². The van der Waals surface area contributed by atoms with Crippen molar-refractivity contribution in [1.82, 2.24) is 4.98 Å². The molecule has 1 unspecified atom stereocenters. The highest BCUT2D eigenvalue weighted by Crippen LogP contribution is 2.42. The Morgan fingerprint density at radius 3 is 2.84 bits per heavy atom. The molecule has 2 aromatic heterocycles. The molecule has 2 heterocycles. The minimum atomic E-state index is -1.42. The van der Waals surface area contributed by atoms with Crippen molar-refractivity contribution in [2.24, 2.45) is 0 Å². The topological polar surface area (TPSA) is 39.2 Å². The minimum Gasteiger partial charge on any atom is -0.474 e. The van der Waals surface area contributed by atoms with Crippen molar-refractivity contribution >= 4 is 30.8 Å². The number of para-hydroxylation sites is 1. The van der Waals surface area contributed by atoms with E-state index in [4.69, 9.17) is 8.83 Å². The molecule has 0 N–H and O–H groups in total. The Hall–Kier alpha value is -1.81. The predicted octanol–water partition coefficient (Wildman–Crippen LogP) is 2.27. The minimum absolute atomic E-state index is 0.685. The van der Waals surface area contributed by atoms with Crippen molar-refractivity contribution in [2.75, 3.05) is 0 Å². The van der Waals surface area contributed by atoms with Crippen molar-refractivity contribution < 1.29 is 8.83 Å². The summed E-state index contributed by atoms with van der Waals surface area (Å²) in [6.07, 6.45) is 4.28. The smallest absolute Gasteiger partial charge is 0.213 e. The second-order valence-electron chi connectivity index (χ2n) is 5.26. The third-order valence-corrected chi connectivity index (χ3v) is 5.99. The lowest BCUT2D eigenvalue weighted by atomic mass is 10.1. The first kappa shape index (κ1) is 11.1. The zero-order chi connectivity index (χ0) is 12.8. The van der Waals surface area contributed by atoms with Crippen LogP contribution in [0.15, 0.2) is 45.4 Å². The van der Waals surface area contributed by atoms with Gasteiger partial charge in [-0.1, -0.05) is 18.7 Å². The number of fused-ring (bicyclic) bond motifs is 1. The summed E-state index contributed by atoms with van der Waals surface area (Å²) in [5, 5.41) is 1.03.